The molecule has 1 aromatic heterocycles. The van der Waals surface area contributed by atoms with Crippen LogP contribution >= 0.6 is 11.3 Å². The number of aryl methyl sites for hydroxylation is 1. The Labute approximate surface area is 242 Å². The Bertz CT molecular complexity index is 1600. The first-order chi connectivity index (χ1) is 19.4. The summed E-state index contributed by atoms with van der Waals surface area (Å²) in [7, 11) is -4.17. The van der Waals surface area contributed by atoms with Gasteiger partial charge in [-0.15, -0.1) is 11.3 Å². The third-order valence-corrected chi connectivity index (χ3v) is 9.39. The molecule has 0 fully saturated rings. The van der Waals surface area contributed by atoms with E-state index in [1.54, 1.807) is 6.92 Å². The highest BCUT2D eigenvalue weighted by atomic mass is 32.2. The third kappa shape index (κ3) is 6.76. The summed E-state index contributed by atoms with van der Waals surface area (Å²) in [6.07, 6.45) is 1.13. The first-order valence-corrected chi connectivity index (χ1v) is 15.4. The molecule has 0 radical (unpaired) electrons. The van der Waals surface area contributed by atoms with Crippen LogP contribution in [-0.2, 0) is 37.1 Å². The molecule has 2 atom stereocenters. The highest BCUT2D eigenvalue weighted by Crippen LogP contribution is 2.40. The molecule has 0 spiro atoms. The summed E-state index contributed by atoms with van der Waals surface area (Å²) in [6.45, 7) is 6.85. The Morgan fingerprint density at radius 1 is 1.15 bits per heavy atom. The van der Waals surface area contributed by atoms with E-state index in [0.717, 1.165) is 41.5 Å². The monoisotopic (exact) mass is 602 g/mol. The molecule has 1 amide bonds. The quantitative estimate of drug-likeness (QED) is 0.310. The van der Waals surface area contributed by atoms with Gasteiger partial charge in [-0.25, -0.2) is 22.4 Å². The number of fused-ring (bicyclic) bond motifs is 1. The molecule has 0 unspecified atom stereocenters. The predicted molar refractivity (Wildman–Crippen MR) is 153 cm³/mol. The van der Waals surface area contributed by atoms with Gasteiger partial charge in [0.15, 0.2) is 6.10 Å². The molecule has 0 saturated heterocycles. The number of sulfonamides is 1. The van der Waals surface area contributed by atoms with Gasteiger partial charge >= 0.3 is 11.9 Å². The van der Waals surface area contributed by atoms with Gasteiger partial charge < -0.3 is 14.8 Å². The van der Waals surface area contributed by atoms with Gasteiger partial charge in [0.25, 0.3) is 15.9 Å². The number of para-hydroxylation sites is 1. The summed E-state index contributed by atoms with van der Waals surface area (Å²) in [5.74, 6) is -2.24. The minimum Gasteiger partial charge on any atom is -0.462 e. The van der Waals surface area contributed by atoms with Crippen LogP contribution in [0, 0.1) is 18.7 Å². The summed E-state index contributed by atoms with van der Waals surface area (Å²) in [4.78, 5) is 39.8. The summed E-state index contributed by atoms with van der Waals surface area (Å²) in [5.41, 5.74) is 1.21. The molecule has 1 heterocycles. The molecule has 41 heavy (non-hydrogen) atoms. The summed E-state index contributed by atoms with van der Waals surface area (Å²) in [6, 6.07) is 9.03. The zero-order valence-corrected chi connectivity index (χ0v) is 24.7. The highest BCUT2D eigenvalue weighted by molar-refractivity contribution is 7.92. The molecule has 0 aliphatic heterocycles. The van der Waals surface area contributed by atoms with Crippen LogP contribution in [0.15, 0.2) is 47.4 Å². The number of halogens is 1. The second-order valence-corrected chi connectivity index (χ2v) is 12.6. The van der Waals surface area contributed by atoms with E-state index in [4.69, 9.17) is 9.47 Å². The Morgan fingerprint density at radius 2 is 1.88 bits per heavy atom. The van der Waals surface area contributed by atoms with Crippen LogP contribution in [0.25, 0.3) is 0 Å². The van der Waals surface area contributed by atoms with Gasteiger partial charge in [0.05, 0.1) is 28.3 Å². The number of esters is 2. The minimum atomic E-state index is -4.17. The number of carbonyl (C=O) groups is 3. The molecule has 218 valence electrons. The smallest absolute Gasteiger partial charge is 0.341 e. The molecule has 1 aliphatic carbocycles. The molecule has 3 aromatic rings. The average molecular weight is 603 g/mol. The van der Waals surface area contributed by atoms with Crippen LogP contribution in [-0.4, -0.2) is 39.0 Å². The van der Waals surface area contributed by atoms with Gasteiger partial charge in [-0.1, -0.05) is 19.1 Å². The van der Waals surface area contributed by atoms with E-state index in [1.165, 1.54) is 49.4 Å². The van der Waals surface area contributed by atoms with Crippen LogP contribution in [0.5, 0.6) is 0 Å². The lowest BCUT2D eigenvalue weighted by atomic mass is 9.88. The minimum absolute atomic E-state index is 0.0708. The number of amides is 1. The van der Waals surface area contributed by atoms with Crippen LogP contribution in [0.3, 0.4) is 0 Å². The van der Waals surface area contributed by atoms with E-state index in [9.17, 15) is 27.2 Å². The SMILES string of the molecule is CCOC(=O)c1c(NC(=O)[C@@H](C)OC(=O)c2ccccc2NS(=O)(=O)c2ccc(F)cc2C)sc2c1CC[C@@H](C)C2. The van der Waals surface area contributed by atoms with Crippen LogP contribution < -0.4 is 10.0 Å². The van der Waals surface area contributed by atoms with Gasteiger partial charge in [-0.2, -0.15) is 0 Å². The van der Waals surface area contributed by atoms with Crippen molar-refractivity contribution < 1.29 is 36.7 Å². The number of hydrogen-bond acceptors (Lipinski definition) is 8. The Hall–Kier alpha value is -3.77. The normalized spacial score (nSPS) is 15.4. The molecule has 9 nitrogen and oxygen atoms in total. The fraction of sp³-hybridized carbons (Fsp3) is 0.345. The van der Waals surface area contributed by atoms with Crippen molar-refractivity contribution in [3.8, 4) is 0 Å². The van der Waals surface area contributed by atoms with Gasteiger partial charge in [-0.3, -0.25) is 9.52 Å². The fourth-order valence-corrected chi connectivity index (χ4v) is 7.32. The predicted octanol–water partition coefficient (Wildman–Crippen LogP) is 5.48. The van der Waals surface area contributed by atoms with Crippen molar-refractivity contribution >= 4 is 49.9 Å². The third-order valence-electron chi connectivity index (χ3n) is 6.70. The molecule has 12 heteroatoms. The van der Waals surface area contributed by atoms with Crippen molar-refractivity contribution in [2.45, 2.75) is 58.0 Å². The lowest BCUT2D eigenvalue weighted by Gasteiger charge is -2.18. The Morgan fingerprint density at radius 3 is 2.59 bits per heavy atom. The van der Waals surface area contributed by atoms with Gasteiger partial charge in [0.2, 0.25) is 0 Å². The molecule has 2 aromatic carbocycles. The van der Waals surface area contributed by atoms with Gasteiger partial charge in [0.1, 0.15) is 10.8 Å². The molecule has 2 N–H and O–H groups in total. The number of hydrogen-bond donors (Lipinski definition) is 2. The average Bonchev–Trinajstić information content (AvgIpc) is 3.25. The van der Waals surface area contributed by atoms with Crippen molar-refractivity contribution in [1.29, 1.82) is 0 Å². The van der Waals surface area contributed by atoms with Crippen LogP contribution in [0.4, 0.5) is 15.1 Å². The number of carbonyl (C=O) groups excluding carboxylic acids is 3. The van der Waals surface area contributed by atoms with E-state index in [2.05, 4.69) is 17.0 Å². The van der Waals surface area contributed by atoms with Crippen molar-refractivity contribution in [3.05, 3.63) is 75.4 Å². The first-order valence-electron chi connectivity index (χ1n) is 13.1. The van der Waals surface area contributed by atoms with Crippen molar-refractivity contribution in [1.82, 2.24) is 0 Å². The summed E-state index contributed by atoms with van der Waals surface area (Å²) < 4.78 is 52.5. The maximum absolute atomic E-state index is 13.5. The largest absolute Gasteiger partial charge is 0.462 e. The Kier molecular flexibility index (Phi) is 9.13. The lowest BCUT2D eigenvalue weighted by molar-refractivity contribution is -0.123. The molecule has 1 aliphatic rings. The standard InChI is InChI=1S/C29H31FN2O7S2/c1-5-38-29(35)25-21-12-10-16(2)14-23(21)40-27(25)31-26(33)18(4)39-28(34)20-8-6-7-9-22(20)32-41(36,37)24-13-11-19(30)15-17(24)3/h6-9,11,13,15-16,18,32H,5,10,12,14H2,1-4H3,(H,31,33)/t16-,18-/m1/s1. The second kappa shape index (κ2) is 12.4. The van der Waals surface area contributed by atoms with Gasteiger partial charge in [0, 0.05) is 4.88 Å². The zero-order valence-electron chi connectivity index (χ0n) is 23.1. The molecule has 0 saturated carbocycles. The maximum Gasteiger partial charge on any atom is 0.341 e. The van der Waals surface area contributed by atoms with E-state index >= 15 is 0 Å². The number of benzene rings is 2. The maximum atomic E-state index is 13.5. The number of rotatable bonds is 9. The summed E-state index contributed by atoms with van der Waals surface area (Å²) >= 11 is 1.32. The summed E-state index contributed by atoms with van der Waals surface area (Å²) in [5, 5.41) is 3.07. The number of ether oxygens (including phenoxy) is 2. The molecule has 4 rings (SSSR count). The molecule has 0 bridgehead atoms. The van der Waals surface area contributed by atoms with Crippen molar-refractivity contribution in [2.75, 3.05) is 16.6 Å². The molecular weight excluding hydrogens is 571 g/mol. The number of thiophene rings is 1. The van der Waals surface area contributed by atoms with E-state index in [1.807, 2.05) is 0 Å². The Balaban J connectivity index is 1.51. The second-order valence-electron chi connectivity index (χ2n) is 9.87. The number of nitrogens with one attached hydrogen (secondary N) is 2. The highest BCUT2D eigenvalue weighted by Gasteiger charge is 2.31. The zero-order chi connectivity index (χ0) is 29.9. The van der Waals surface area contributed by atoms with Gasteiger partial charge in [-0.05, 0) is 87.4 Å². The van der Waals surface area contributed by atoms with E-state index in [0.29, 0.717) is 22.9 Å². The van der Waals surface area contributed by atoms with Crippen molar-refractivity contribution in [2.24, 2.45) is 5.92 Å². The molecular formula is C29H31FN2O7S2. The topological polar surface area (TPSA) is 128 Å². The van der Waals surface area contributed by atoms with E-state index in [-0.39, 0.29) is 28.3 Å². The van der Waals surface area contributed by atoms with Crippen LogP contribution in [0.1, 0.15) is 63.9 Å². The van der Waals surface area contributed by atoms with E-state index < -0.39 is 39.8 Å². The fourth-order valence-electron chi connectivity index (χ4n) is 4.61. The van der Waals surface area contributed by atoms with Crippen LogP contribution in [0.2, 0.25) is 0 Å². The lowest BCUT2D eigenvalue weighted by Crippen LogP contribution is -2.30. The van der Waals surface area contributed by atoms with Crippen molar-refractivity contribution in [3.63, 3.8) is 0 Å². The number of anilines is 2. The first kappa shape index (κ1) is 30.2.